The molecule has 4 nitrogen and oxygen atoms in total. The standard InChI is InChI=1S/C12H20O4.Al.3H/c1-5-8-10(14)16-11(15)12(6-2,7-3)9(4)13;;;;/h5-8H2,1-4H3;;;;. The van der Waals surface area contributed by atoms with Crippen molar-refractivity contribution in [3.8, 4) is 0 Å². The number of Topliss-reactive ketones (excluding diaryl/α,β-unsaturated/α-hetero) is 1. The van der Waals surface area contributed by atoms with Crippen LogP contribution in [-0.2, 0) is 19.1 Å². The summed E-state index contributed by atoms with van der Waals surface area (Å²) in [4.78, 5) is 34.5. The molecule has 0 radical (unpaired) electrons. The largest absolute Gasteiger partial charge is 0.392 e. The number of carbonyl (C=O) groups excluding carboxylic acids is 3. The quantitative estimate of drug-likeness (QED) is 0.406. The van der Waals surface area contributed by atoms with Gasteiger partial charge in [-0.3, -0.25) is 14.4 Å². The third-order valence-corrected chi connectivity index (χ3v) is 2.93. The maximum Gasteiger partial charge on any atom is 0.327 e. The van der Waals surface area contributed by atoms with E-state index in [9.17, 15) is 14.4 Å². The van der Waals surface area contributed by atoms with Crippen molar-refractivity contribution in [1.82, 2.24) is 0 Å². The Morgan fingerprint density at radius 1 is 1.06 bits per heavy atom. The molecule has 0 heterocycles. The molecule has 0 aromatic heterocycles. The lowest BCUT2D eigenvalue weighted by Crippen LogP contribution is -2.39. The first-order valence-corrected chi connectivity index (χ1v) is 5.70. The van der Waals surface area contributed by atoms with Crippen molar-refractivity contribution in [2.24, 2.45) is 5.41 Å². The van der Waals surface area contributed by atoms with Crippen LogP contribution in [0.25, 0.3) is 0 Å². The number of esters is 2. The van der Waals surface area contributed by atoms with E-state index in [0.717, 1.165) is 0 Å². The van der Waals surface area contributed by atoms with Gasteiger partial charge < -0.3 is 4.74 Å². The van der Waals surface area contributed by atoms with Crippen molar-refractivity contribution in [3.63, 3.8) is 0 Å². The van der Waals surface area contributed by atoms with Crippen molar-refractivity contribution < 1.29 is 19.1 Å². The molecule has 0 N–H and O–H groups in total. The van der Waals surface area contributed by atoms with Gasteiger partial charge >= 0.3 is 11.9 Å². The summed E-state index contributed by atoms with van der Waals surface area (Å²) in [6.07, 6.45) is 1.54. The van der Waals surface area contributed by atoms with Gasteiger partial charge in [0.15, 0.2) is 17.4 Å². The van der Waals surface area contributed by atoms with Gasteiger partial charge in [0.1, 0.15) is 11.2 Å². The van der Waals surface area contributed by atoms with Gasteiger partial charge in [-0.25, -0.2) is 0 Å². The van der Waals surface area contributed by atoms with Crippen molar-refractivity contribution >= 4 is 35.1 Å². The normalized spacial score (nSPS) is 10.4. The van der Waals surface area contributed by atoms with Crippen LogP contribution in [0.15, 0.2) is 0 Å². The van der Waals surface area contributed by atoms with Crippen LogP contribution in [0.3, 0.4) is 0 Å². The summed E-state index contributed by atoms with van der Waals surface area (Å²) >= 11 is 0. The molecular weight excluding hydrogens is 235 g/mol. The molecule has 17 heavy (non-hydrogen) atoms. The van der Waals surface area contributed by atoms with Gasteiger partial charge in [0.2, 0.25) is 0 Å². The van der Waals surface area contributed by atoms with Crippen LogP contribution in [0.5, 0.6) is 0 Å². The first-order chi connectivity index (χ1) is 7.44. The number of ketones is 1. The summed E-state index contributed by atoms with van der Waals surface area (Å²) in [5.74, 6) is -1.50. The Hall–Kier alpha value is -0.658. The first-order valence-electron chi connectivity index (χ1n) is 5.70. The molecule has 0 rings (SSSR count). The van der Waals surface area contributed by atoms with E-state index in [4.69, 9.17) is 4.74 Å². The second kappa shape index (κ2) is 8.44. The number of rotatable bonds is 6. The summed E-state index contributed by atoms with van der Waals surface area (Å²) in [6.45, 7) is 6.68. The van der Waals surface area contributed by atoms with Crippen molar-refractivity contribution in [3.05, 3.63) is 0 Å². The van der Waals surface area contributed by atoms with Crippen LogP contribution in [0, 0.1) is 5.41 Å². The third kappa shape index (κ3) is 4.61. The van der Waals surface area contributed by atoms with Gasteiger partial charge in [-0.2, -0.15) is 0 Å². The van der Waals surface area contributed by atoms with Crippen molar-refractivity contribution in [1.29, 1.82) is 0 Å². The van der Waals surface area contributed by atoms with Crippen LogP contribution in [0.4, 0.5) is 0 Å². The Labute approximate surface area is 113 Å². The lowest BCUT2D eigenvalue weighted by Gasteiger charge is -2.25. The van der Waals surface area contributed by atoms with E-state index in [1.54, 1.807) is 13.8 Å². The Morgan fingerprint density at radius 3 is 1.82 bits per heavy atom. The van der Waals surface area contributed by atoms with E-state index in [-0.39, 0.29) is 29.6 Å². The van der Waals surface area contributed by atoms with Gasteiger partial charge in [0, 0.05) is 6.42 Å². The van der Waals surface area contributed by atoms with E-state index in [2.05, 4.69) is 0 Å². The minimum Gasteiger partial charge on any atom is -0.392 e. The molecule has 0 aliphatic heterocycles. The van der Waals surface area contributed by atoms with E-state index >= 15 is 0 Å². The molecule has 0 aliphatic rings. The minimum atomic E-state index is -1.15. The lowest BCUT2D eigenvalue weighted by atomic mass is 9.79. The predicted octanol–water partition coefficient (Wildman–Crippen LogP) is 1.07. The number of ether oxygens (including phenoxy) is 1. The Bertz CT molecular complexity index is 282. The molecule has 98 valence electrons. The topological polar surface area (TPSA) is 60.4 Å². The third-order valence-electron chi connectivity index (χ3n) is 2.93. The number of hydrogen-bond acceptors (Lipinski definition) is 4. The highest BCUT2D eigenvalue weighted by molar-refractivity contribution is 6.05. The van der Waals surface area contributed by atoms with Gasteiger partial charge in [-0.15, -0.1) is 0 Å². The fraction of sp³-hybridized carbons (Fsp3) is 0.750. The second-order valence-electron chi connectivity index (χ2n) is 3.86. The second-order valence-corrected chi connectivity index (χ2v) is 3.86. The highest BCUT2D eigenvalue weighted by Gasteiger charge is 2.42. The first kappa shape index (κ1) is 18.7. The average molecular weight is 258 g/mol. The smallest absolute Gasteiger partial charge is 0.327 e. The zero-order chi connectivity index (χ0) is 12.8. The molecule has 0 spiro atoms. The Morgan fingerprint density at radius 2 is 1.53 bits per heavy atom. The van der Waals surface area contributed by atoms with Crippen LogP contribution in [0.2, 0.25) is 0 Å². The summed E-state index contributed by atoms with van der Waals surface area (Å²) in [5.41, 5.74) is -1.15. The molecule has 0 bridgehead atoms. The molecule has 0 saturated heterocycles. The van der Waals surface area contributed by atoms with E-state index in [1.807, 2.05) is 6.92 Å². The molecule has 0 aliphatic carbocycles. The molecule has 0 atom stereocenters. The molecular formula is C12H23AlO4. The molecule has 5 heteroatoms. The van der Waals surface area contributed by atoms with E-state index in [1.165, 1.54) is 6.92 Å². The maximum absolute atomic E-state index is 11.8. The van der Waals surface area contributed by atoms with Gasteiger partial charge in [0.25, 0.3) is 0 Å². The summed E-state index contributed by atoms with van der Waals surface area (Å²) in [5, 5.41) is 0. The van der Waals surface area contributed by atoms with Crippen LogP contribution in [0.1, 0.15) is 53.4 Å². The molecule has 0 aromatic rings. The van der Waals surface area contributed by atoms with E-state index < -0.39 is 17.4 Å². The highest BCUT2D eigenvalue weighted by Crippen LogP contribution is 2.29. The van der Waals surface area contributed by atoms with Gasteiger partial charge in [0.05, 0.1) is 0 Å². The monoisotopic (exact) mass is 258 g/mol. The lowest BCUT2D eigenvalue weighted by molar-refractivity contribution is -0.169. The SMILES string of the molecule is CCCC(=O)OC(=O)C(CC)(CC)C(C)=O.[AlH3]. The Balaban J connectivity index is 0. The molecule has 0 saturated carbocycles. The molecule has 0 aromatic carbocycles. The number of hydrogen-bond donors (Lipinski definition) is 0. The summed E-state index contributed by atoms with van der Waals surface area (Å²) in [7, 11) is 0. The van der Waals surface area contributed by atoms with Gasteiger partial charge in [-0.05, 0) is 26.2 Å². The van der Waals surface area contributed by atoms with Crippen LogP contribution >= 0.6 is 0 Å². The maximum atomic E-state index is 11.8. The van der Waals surface area contributed by atoms with Crippen molar-refractivity contribution in [2.45, 2.75) is 53.4 Å². The average Bonchev–Trinajstić information content (AvgIpc) is 2.19. The fourth-order valence-corrected chi connectivity index (χ4v) is 1.64. The van der Waals surface area contributed by atoms with E-state index in [0.29, 0.717) is 19.3 Å². The van der Waals surface area contributed by atoms with Crippen LogP contribution < -0.4 is 0 Å². The molecule has 0 amide bonds. The number of carbonyl (C=O) groups is 3. The summed E-state index contributed by atoms with van der Waals surface area (Å²) < 4.78 is 4.70. The molecule has 0 unspecified atom stereocenters. The summed E-state index contributed by atoms with van der Waals surface area (Å²) in [6, 6.07) is 0. The zero-order valence-electron chi connectivity index (χ0n) is 10.5. The Kier molecular flexibility index (Phi) is 9.28. The highest BCUT2D eigenvalue weighted by atomic mass is 27.0. The predicted molar refractivity (Wildman–Crippen MR) is 69.6 cm³/mol. The fourth-order valence-electron chi connectivity index (χ4n) is 1.64. The van der Waals surface area contributed by atoms with Crippen molar-refractivity contribution in [2.75, 3.05) is 0 Å². The zero-order valence-corrected chi connectivity index (χ0v) is 10.5. The minimum absolute atomic E-state index is 0. The van der Waals surface area contributed by atoms with Crippen LogP contribution in [-0.4, -0.2) is 35.1 Å². The van der Waals surface area contributed by atoms with Gasteiger partial charge in [-0.1, -0.05) is 20.8 Å². The molecule has 0 fully saturated rings.